The Hall–Kier alpha value is -4.22. The summed E-state index contributed by atoms with van der Waals surface area (Å²) >= 11 is 6.89. The normalized spacial score (nSPS) is 14.9. The number of hydrogen-bond donors (Lipinski definition) is 2. The Morgan fingerprint density at radius 3 is 2.59 bits per heavy atom. The van der Waals surface area contributed by atoms with Gasteiger partial charge in [-0.25, -0.2) is 4.68 Å². The van der Waals surface area contributed by atoms with Crippen molar-refractivity contribution in [3.8, 4) is 34.6 Å². The molecule has 1 aliphatic rings. The molecule has 2 aromatic carbocycles. The highest BCUT2D eigenvalue weighted by atomic mass is 35.5. The zero-order chi connectivity index (χ0) is 23.8. The van der Waals surface area contributed by atoms with Crippen molar-refractivity contribution in [1.29, 1.82) is 5.26 Å². The van der Waals surface area contributed by atoms with Crippen LogP contribution in [0.5, 0.6) is 11.6 Å². The lowest BCUT2D eigenvalue weighted by atomic mass is 9.83. The Balaban J connectivity index is 1.70. The predicted octanol–water partition coefficient (Wildman–Crippen LogP) is 4.84. The van der Waals surface area contributed by atoms with Crippen LogP contribution in [0, 0.1) is 18.3 Å². The molecular formula is C25H21ClN6O2. The van der Waals surface area contributed by atoms with Gasteiger partial charge in [0.05, 0.1) is 35.2 Å². The molecule has 9 heteroatoms. The number of aryl methyl sites for hydroxylation is 1. The second-order valence-electron chi connectivity index (χ2n) is 7.74. The molecule has 0 aliphatic carbocycles. The van der Waals surface area contributed by atoms with Gasteiger partial charge in [-0.1, -0.05) is 29.8 Å². The molecule has 3 N–H and O–H groups in total. The average molecular weight is 473 g/mol. The standard InChI is InChI=1S/C25H21ClN6O2/c1-3-33-17-11-9-15(10-12-17)22-21-20(18(13-27)24(28)34-25(21)30-29-22)19-14(2)31-32(23(19)26)16-7-5-4-6-8-16/h4-12,20H,3,28H2,1-2H3,(H,29,30)/t20-/m0/s1. The highest BCUT2D eigenvalue weighted by molar-refractivity contribution is 6.30. The fourth-order valence-corrected chi connectivity index (χ4v) is 4.60. The maximum Gasteiger partial charge on any atom is 0.244 e. The number of allylic oxidation sites excluding steroid dienone is 1. The van der Waals surface area contributed by atoms with E-state index >= 15 is 0 Å². The van der Waals surface area contributed by atoms with Crippen LogP contribution in [0.15, 0.2) is 66.1 Å². The molecule has 1 atom stereocenters. The van der Waals surface area contributed by atoms with E-state index < -0.39 is 5.92 Å². The number of nitriles is 1. The molecule has 0 saturated carbocycles. The van der Waals surface area contributed by atoms with Crippen LogP contribution in [0.25, 0.3) is 16.9 Å². The third-order valence-electron chi connectivity index (χ3n) is 5.73. The van der Waals surface area contributed by atoms with Gasteiger partial charge in [-0.15, -0.1) is 5.10 Å². The number of nitrogens with one attached hydrogen (secondary N) is 1. The van der Waals surface area contributed by atoms with Crippen molar-refractivity contribution in [2.24, 2.45) is 5.73 Å². The molecule has 5 rings (SSSR count). The van der Waals surface area contributed by atoms with Gasteiger partial charge < -0.3 is 15.2 Å². The highest BCUT2D eigenvalue weighted by Gasteiger charge is 2.39. The summed E-state index contributed by atoms with van der Waals surface area (Å²) in [6.45, 7) is 4.37. The van der Waals surface area contributed by atoms with E-state index in [0.717, 1.165) is 17.0 Å². The van der Waals surface area contributed by atoms with Crippen molar-refractivity contribution < 1.29 is 9.47 Å². The van der Waals surface area contributed by atoms with Crippen LogP contribution in [0.2, 0.25) is 5.15 Å². The number of aromatic nitrogens is 4. The molecule has 170 valence electrons. The van der Waals surface area contributed by atoms with E-state index in [1.807, 2.05) is 68.4 Å². The summed E-state index contributed by atoms with van der Waals surface area (Å²) in [5.74, 6) is 0.442. The van der Waals surface area contributed by atoms with Gasteiger partial charge in [-0.2, -0.15) is 10.4 Å². The van der Waals surface area contributed by atoms with E-state index in [9.17, 15) is 5.26 Å². The van der Waals surface area contributed by atoms with Crippen molar-refractivity contribution in [1.82, 2.24) is 20.0 Å². The largest absolute Gasteiger partial charge is 0.494 e. The molecule has 0 amide bonds. The minimum absolute atomic E-state index is 0.00679. The average Bonchev–Trinajstić information content (AvgIpc) is 3.39. The second-order valence-corrected chi connectivity index (χ2v) is 8.09. The van der Waals surface area contributed by atoms with Gasteiger partial charge >= 0.3 is 0 Å². The lowest BCUT2D eigenvalue weighted by Gasteiger charge is -2.24. The first-order valence-corrected chi connectivity index (χ1v) is 11.1. The smallest absolute Gasteiger partial charge is 0.244 e. The van der Waals surface area contributed by atoms with Crippen LogP contribution in [0.1, 0.15) is 29.7 Å². The summed E-state index contributed by atoms with van der Waals surface area (Å²) in [5, 5.41) is 22.5. The molecular weight excluding hydrogens is 452 g/mol. The third kappa shape index (κ3) is 3.47. The summed E-state index contributed by atoms with van der Waals surface area (Å²) in [4.78, 5) is 0. The SMILES string of the molecule is CCOc1ccc(-c2[nH]nc3c2[C@H](c2c(C)nn(-c4ccccc4)c2Cl)C(C#N)=C(N)O3)cc1. The van der Waals surface area contributed by atoms with Crippen LogP contribution in [-0.4, -0.2) is 26.6 Å². The van der Waals surface area contributed by atoms with E-state index in [1.54, 1.807) is 4.68 Å². The molecule has 8 nitrogen and oxygen atoms in total. The molecule has 0 fully saturated rings. The molecule has 0 unspecified atom stereocenters. The van der Waals surface area contributed by atoms with Crippen molar-refractivity contribution in [2.45, 2.75) is 19.8 Å². The number of benzene rings is 2. The van der Waals surface area contributed by atoms with Crippen molar-refractivity contribution in [2.75, 3.05) is 6.61 Å². The van der Waals surface area contributed by atoms with Gasteiger partial charge in [0.25, 0.3) is 0 Å². The van der Waals surface area contributed by atoms with Crippen molar-refractivity contribution in [3.63, 3.8) is 0 Å². The summed E-state index contributed by atoms with van der Waals surface area (Å²) in [6.07, 6.45) is 0. The number of ether oxygens (including phenoxy) is 2. The highest BCUT2D eigenvalue weighted by Crippen LogP contribution is 2.48. The van der Waals surface area contributed by atoms with E-state index in [1.165, 1.54) is 0 Å². The minimum Gasteiger partial charge on any atom is -0.494 e. The molecule has 0 bridgehead atoms. The molecule has 0 saturated heterocycles. The maximum atomic E-state index is 10.0. The number of rotatable bonds is 5. The monoisotopic (exact) mass is 472 g/mol. The van der Waals surface area contributed by atoms with Crippen molar-refractivity contribution in [3.05, 3.63) is 88.0 Å². The van der Waals surface area contributed by atoms with Crippen LogP contribution in [-0.2, 0) is 0 Å². The topological polar surface area (TPSA) is 115 Å². The molecule has 1 aliphatic heterocycles. The van der Waals surface area contributed by atoms with Crippen LogP contribution >= 0.6 is 11.6 Å². The Kier molecular flexibility index (Phi) is 5.48. The molecule has 0 spiro atoms. The van der Waals surface area contributed by atoms with E-state index in [-0.39, 0.29) is 11.5 Å². The van der Waals surface area contributed by atoms with Crippen LogP contribution in [0.4, 0.5) is 0 Å². The number of aromatic amines is 1. The molecule has 3 heterocycles. The Morgan fingerprint density at radius 1 is 1.18 bits per heavy atom. The molecule has 2 aromatic heterocycles. The number of para-hydroxylation sites is 1. The maximum absolute atomic E-state index is 10.0. The number of hydrogen-bond acceptors (Lipinski definition) is 6. The minimum atomic E-state index is -0.612. The Morgan fingerprint density at radius 2 is 1.91 bits per heavy atom. The van der Waals surface area contributed by atoms with Gasteiger partial charge in [0, 0.05) is 11.1 Å². The fourth-order valence-electron chi connectivity index (χ4n) is 4.22. The third-order valence-corrected chi connectivity index (χ3v) is 6.09. The van der Waals surface area contributed by atoms with Gasteiger partial charge in [0.15, 0.2) is 0 Å². The van der Waals surface area contributed by atoms with E-state index in [4.69, 9.17) is 26.8 Å². The van der Waals surface area contributed by atoms with Gasteiger partial charge in [-0.05, 0) is 50.2 Å². The summed E-state index contributed by atoms with van der Waals surface area (Å²) < 4.78 is 12.9. The first kappa shape index (κ1) is 21.6. The van der Waals surface area contributed by atoms with Crippen LogP contribution < -0.4 is 15.2 Å². The number of fused-ring (bicyclic) bond motifs is 1. The van der Waals surface area contributed by atoms with Gasteiger partial charge in [0.2, 0.25) is 11.8 Å². The first-order valence-electron chi connectivity index (χ1n) is 10.7. The summed E-state index contributed by atoms with van der Waals surface area (Å²) in [7, 11) is 0. The second kappa shape index (κ2) is 8.61. The first-order chi connectivity index (χ1) is 16.5. The number of nitrogens with zero attached hydrogens (tertiary/aromatic N) is 4. The zero-order valence-corrected chi connectivity index (χ0v) is 19.3. The quantitative estimate of drug-likeness (QED) is 0.429. The lowest BCUT2D eigenvalue weighted by molar-refractivity contribution is 0.340. The number of H-pyrrole nitrogens is 1. The van der Waals surface area contributed by atoms with Crippen molar-refractivity contribution >= 4 is 11.6 Å². The van der Waals surface area contributed by atoms with E-state index in [2.05, 4.69) is 21.4 Å². The molecule has 0 radical (unpaired) electrons. The number of halogens is 1. The van der Waals surface area contributed by atoms with Gasteiger partial charge in [0.1, 0.15) is 22.5 Å². The molecule has 4 aromatic rings. The summed E-state index contributed by atoms with van der Waals surface area (Å²) in [6, 6.07) is 19.4. The predicted molar refractivity (Wildman–Crippen MR) is 128 cm³/mol. The van der Waals surface area contributed by atoms with Gasteiger partial charge in [-0.3, -0.25) is 5.10 Å². The van der Waals surface area contributed by atoms with Crippen LogP contribution in [0.3, 0.4) is 0 Å². The fraction of sp³-hybridized carbons (Fsp3) is 0.160. The lowest BCUT2D eigenvalue weighted by Crippen LogP contribution is -2.21. The molecule has 34 heavy (non-hydrogen) atoms. The number of nitrogens with two attached hydrogens (primary N) is 1. The van der Waals surface area contributed by atoms with E-state index in [0.29, 0.717) is 40.2 Å². The Bertz CT molecular complexity index is 1430. The zero-order valence-electron chi connectivity index (χ0n) is 18.5. The Labute approximate surface area is 201 Å². The summed E-state index contributed by atoms with van der Waals surface area (Å²) in [5.41, 5.74) is 10.8.